The van der Waals surface area contributed by atoms with E-state index in [0.717, 1.165) is 0 Å². The number of amides is 2. The Bertz CT molecular complexity index is 985. The van der Waals surface area contributed by atoms with Crippen LogP contribution in [0.4, 0.5) is 15.0 Å². The molecule has 0 radical (unpaired) electrons. The van der Waals surface area contributed by atoms with Crippen LogP contribution in [0.3, 0.4) is 0 Å². The van der Waals surface area contributed by atoms with Gasteiger partial charge in [-0.3, -0.25) is 9.89 Å². The molecular formula is C19H22BrFN6O3. The standard InChI is InChI=1S/C19H22BrFN6O3/c1-19(2,3)30-18(29)23-7-6-22-16-11(9-24-26-16)15-14(17(28)27-25-15)10-4-5-13(21)12(20)8-10/h4-5,8-9,14H,6-7H2,1-3H3,(H,23,29)(H,27,28)(H2,22,24,26). The molecular weight excluding hydrogens is 459 g/mol. The number of benzene rings is 1. The number of hydrogen-bond acceptors (Lipinski definition) is 6. The van der Waals surface area contributed by atoms with Gasteiger partial charge >= 0.3 is 6.09 Å². The third-order valence-corrected chi connectivity index (χ3v) is 4.72. The minimum atomic E-state index is -0.708. The number of hydrazone groups is 1. The summed E-state index contributed by atoms with van der Waals surface area (Å²) in [6.07, 6.45) is 1.04. The van der Waals surface area contributed by atoms with Gasteiger partial charge in [-0.25, -0.2) is 14.6 Å². The Morgan fingerprint density at radius 3 is 2.80 bits per heavy atom. The van der Waals surface area contributed by atoms with Gasteiger partial charge in [0.25, 0.3) is 5.91 Å². The molecule has 160 valence electrons. The second-order valence-electron chi connectivity index (χ2n) is 7.59. The normalized spacial score (nSPS) is 16.1. The van der Waals surface area contributed by atoms with Crippen molar-refractivity contribution in [1.82, 2.24) is 20.9 Å². The average molecular weight is 481 g/mol. The third kappa shape index (κ3) is 5.15. The lowest BCUT2D eigenvalue weighted by molar-refractivity contribution is -0.120. The molecule has 1 aromatic heterocycles. The summed E-state index contributed by atoms with van der Waals surface area (Å²) in [5.74, 6) is -0.900. The molecule has 1 aliphatic heterocycles. The van der Waals surface area contributed by atoms with E-state index in [1.54, 1.807) is 39.1 Å². The first kappa shape index (κ1) is 21.8. The van der Waals surface area contributed by atoms with Crippen LogP contribution in [0.2, 0.25) is 0 Å². The zero-order chi connectivity index (χ0) is 21.9. The number of carbonyl (C=O) groups is 2. The van der Waals surface area contributed by atoms with Crippen LogP contribution in [0.5, 0.6) is 0 Å². The molecule has 1 atom stereocenters. The largest absolute Gasteiger partial charge is 0.444 e. The van der Waals surface area contributed by atoms with Crippen molar-refractivity contribution < 1.29 is 18.7 Å². The molecule has 1 unspecified atom stereocenters. The highest BCUT2D eigenvalue weighted by Crippen LogP contribution is 2.30. The maximum absolute atomic E-state index is 13.6. The molecule has 9 nitrogen and oxygen atoms in total. The lowest BCUT2D eigenvalue weighted by Crippen LogP contribution is -2.35. The predicted molar refractivity (Wildman–Crippen MR) is 113 cm³/mol. The first-order chi connectivity index (χ1) is 14.2. The molecule has 0 saturated carbocycles. The molecule has 2 amide bonds. The van der Waals surface area contributed by atoms with Crippen LogP contribution >= 0.6 is 15.9 Å². The highest BCUT2D eigenvalue weighted by Gasteiger charge is 2.34. The zero-order valence-corrected chi connectivity index (χ0v) is 18.3. The Morgan fingerprint density at radius 2 is 2.10 bits per heavy atom. The number of hydrogen-bond donors (Lipinski definition) is 4. The maximum Gasteiger partial charge on any atom is 0.407 e. The number of aromatic amines is 1. The van der Waals surface area contributed by atoms with Crippen molar-refractivity contribution in [2.24, 2.45) is 5.10 Å². The molecule has 2 heterocycles. The predicted octanol–water partition coefficient (Wildman–Crippen LogP) is 2.87. The minimum Gasteiger partial charge on any atom is -0.444 e. The van der Waals surface area contributed by atoms with E-state index in [0.29, 0.717) is 35.7 Å². The number of nitrogens with zero attached hydrogens (tertiary/aromatic N) is 2. The SMILES string of the molecule is CC(C)(C)OC(=O)NCCNc1[nH]ncc1C1=NNC(=O)C1c1ccc(F)c(Br)c1. The summed E-state index contributed by atoms with van der Waals surface area (Å²) in [4.78, 5) is 24.1. The molecule has 0 bridgehead atoms. The quantitative estimate of drug-likeness (QED) is 0.473. The average Bonchev–Trinajstić information content (AvgIpc) is 3.26. The summed E-state index contributed by atoms with van der Waals surface area (Å²) >= 11 is 3.15. The molecule has 30 heavy (non-hydrogen) atoms. The molecule has 0 fully saturated rings. The highest BCUT2D eigenvalue weighted by atomic mass is 79.9. The first-order valence-electron chi connectivity index (χ1n) is 9.22. The molecule has 11 heteroatoms. The van der Waals surface area contributed by atoms with Crippen LogP contribution in [-0.2, 0) is 9.53 Å². The third-order valence-electron chi connectivity index (χ3n) is 4.11. The van der Waals surface area contributed by atoms with E-state index in [1.807, 2.05) is 0 Å². The van der Waals surface area contributed by atoms with Crippen LogP contribution in [0, 0.1) is 5.82 Å². The number of anilines is 1. The highest BCUT2D eigenvalue weighted by molar-refractivity contribution is 9.10. The molecule has 1 aliphatic rings. The lowest BCUT2D eigenvalue weighted by atomic mass is 9.91. The maximum atomic E-state index is 13.6. The lowest BCUT2D eigenvalue weighted by Gasteiger charge is -2.19. The monoisotopic (exact) mass is 480 g/mol. The van der Waals surface area contributed by atoms with E-state index in [9.17, 15) is 14.0 Å². The number of nitrogens with one attached hydrogen (secondary N) is 4. The Morgan fingerprint density at radius 1 is 1.33 bits per heavy atom. The van der Waals surface area contributed by atoms with Gasteiger partial charge in [0.1, 0.15) is 23.2 Å². The van der Waals surface area contributed by atoms with E-state index in [4.69, 9.17) is 4.74 Å². The number of aromatic nitrogens is 2. The number of H-pyrrole nitrogens is 1. The fraction of sp³-hybridized carbons (Fsp3) is 0.368. The molecule has 1 aromatic carbocycles. The Kier molecular flexibility index (Phi) is 6.40. The van der Waals surface area contributed by atoms with E-state index in [1.165, 1.54) is 6.07 Å². The molecule has 0 saturated heterocycles. The summed E-state index contributed by atoms with van der Waals surface area (Å²) in [5.41, 5.74) is 3.54. The number of rotatable bonds is 6. The van der Waals surface area contributed by atoms with Gasteiger partial charge in [0.15, 0.2) is 0 Å². The zero-order valence-electron chi connectivity index (χ0n) is 16.7. The Hall–Kier alpha value is -2.95. The fourth-order valence-electron chi connectivity index (χ4n) is 2.87. The number of alkyl carbamates (subject to hydrolysis) is 1. The van der Waals surface area contributed by atoms with Crippen molar-refractivity contribution in [1.29, 1.82) is 0 Å². The Labute approximate surface area is 181 Å². The Balaban J connectivity index is 1.67. The minimum absolute atomic E-state index is 0.262. The van der Waals surface area contributed by atoms with E-state index in [2.05, 4.69) is 47.3 Å². The van der Waals surface area contributed by atoms with E-state index in [-0.39, 0.29) is 10.4 Å². The van der Waals surface area contributed by atoms with Crippen molar-refractivity contribution in [3.63, 3.8) is 0 Å². The van der Waals surface area contributed by atoms with Gasteiger partial charge in [-0.1, -0.05) is 6.07 Å². The second kappa shape index (κ2) is 8.82. The summed E-state index contributed by atoms with van der Waals surface area (Å²) in [6, 6.07) is 4.39. The summed E-state index contributed by atoms with van der Waals surface area (Å²) in [6.45, 7) is 6.06. The van der Waals surface area contributed by atoms with Gasteiger partial charge in [-0.2, -0.15) is 10.2 Å². The van der Waals surface area contributed by atoms with Crippen molar-refractivity contribution in [2.75, 3.05) is 18.4 Å². The summed E-state index contributed by atoms with van der Waals surface area (Å²) in [7, 11) is 0. The number of halogens is 2. The van der Waals surface area contributed by atoms with Gasteiger partial charge in [-0.15, -0.1) is 0 Å². The first-order valence-corrected chi connectivity index (χ1v) is 10.0. The number of carbonyl (C=O) groups excluding carboxylic acids is 2. The van der Waals surface area contributed by atoms with Gasteiger partial charge in [0.2, 0.25) is 0 Å². The molecule has 0 aliphatic carbocycles. The molecule has 2 aromatic rings. The van der Waals surface area contributed by atoms with Gasteiger partial charge in [0.05, 0.1) is 21.9 Å². The van der Waals surface area contributed by atoms with Crippen LogP contribution in [-0.4, -0.2) is 46.6 Å². The fourth-order valence-corrected chi connectivity index (χ4v) is 3.26. The summed E-state index contributed by atoms with van der Waals surface area (Å²) in [5, 5.41) is 16.8. The van der Waals surface area contributed by atoms with Crippen molar-refractivity contribution in [3.05, 3.63) is 45.8 Å². The van der Waals surface area contributed by atoms with E-state index < -0.39 is 23.4 Å². The van der Waals surface area contributed by atoms with Crippen molar-refractivity contribution >= 4 is 39.5 Å². The van der Waals surface area contributed by atoms with Crippen LogP contribution in [0.25, 0.3) is 0 Å². The smallest absolute Gasteiger partial charge is 0.407 e. The van der Waals surface area contributed by atoms with Crippen molar-refractivity contribution in [2.45, 2.75) is 32.3 Å². The van der Waals surface area contributed by atoms with E-state index >= 15 is 0 Å². The summed E-state index contributed by atoms with van der Waals surface area (Å²) < 4.78 is 19.0. The molecule has 0 spiro atoms. The van der Waals surface area contributed by atoms with Gasteiger partial charge in [0, 0.05) is 13.1 Å². The second-order valence-corrected chi connectivity index (χ2v) is 8.45. The van der Waals surface area contributed by atoms with Crippen LogP contribution in [0.1, 0.15) is 37.8 Å². The van der Waals surface area contributed by atoms with Crippen LogP contribution in [0.15, 0.2) is 34.0 Å². The van der Waals surface area contributed by atoms with Gasteiger partial charge < -0.3 is 15.4 Å². The molecule has 3 rings (SSSR count). The van der Waals surface area contributed by atoms with Crippen molar-refractivity contribution in [3.8, 4) is 0 Å². The number of ether oxygens (including phenoxy) is 1. The van der Waals surface area contributed by atoms with Crippen LogP contribution < -0.4 is 16.1 Å². The molecule has 4 N–H and O–H groups in total. The van der Waals surface area contributed by atoms with Gasteiger partial charge in [-0.05, 0) is 54.4 Å². The topological polar surface area (TPSA) is 120 Å².